The third kappa shape index (κ3) is 6.44. The van der Waals surface area contributed by atoms with Gasteiger partial charge in [-0.1, -0.05) is 39.0 Å². The van der Waals surface area contributed by atoms with Crippen LogP contribution in [-0.2, 0) is 19.0 Å². The lowest BCUT2D eigenvalue weighted by Crippen LogP contribution is -2.47. The predicted molar refractivity (Wildman–Crippen MR) is 167 cm³/mol. The molecular weight excluding hydrogens is 589 g/mol. The number of piperazine rings is 1. The number of nitrogens with zero attached hydrogens (tertiary/aromatic N) is 3. The number of ether oxygens (including phenoxy) is 1. The number of rotatable bonds is 8. The number of hydrogen-bond donors (Lipinski definition) is 1. The number of nitrogens with one attached hydrogen (secondary N) is 1. The normalized spacial score (nSPS) is 13.9. The van der Waals surface area contributed by atoms with Crippen molar-refractivity contribution in [2.45, 2.75) is 39.8 Å². The number of carbonyl (C=O) groups excluding carboxylic acids is 1. The van der Waals surface area contributed by atoms with Crippen molar-refractivity contribution < 1.29 is 22.7 Å². The summed E-state index contributed by atoms with van der Waals surface area (Å²) >= 11 is 1.21. The molecule has 1 amide bonds. The van der Waals surface area contributed by atoms with Crippen LogP contribution in [0.5, 0.6) is 5.75 Å². The zero-order valence-electron chi connectivity index (χ0n) is 25.1. The van der Waals surface area contributed by atoms with Gasteiger partial charge in [0.1, 0.15) is 10.8 Å². The Balaban J connectivity index is 1.74. The van der Waals surface area contributed by atoms with Gasteiger partial charge in [-0.2, -0.15) is 13.2 Å². The number of aromatic nitrogens is 2. The lowest BCUT2D eigenvalue weighted by molar-refractivity contribution is -0.137. The molecule has 0 radical (unpaired) electrons. The number of aryl methyl sites for hydroxylation is 1. The first kappa shape index (κ1) is 31.5. The van der Waals surface area contributed by atoms with E-state index in [2.05, 4.69) is 10.3 Å². The van der Waals surface area contributed by atoms with Crippen LogP contribution in [-0.4, -0.2) is 53.6 Å². The monoisotopic (exact) mass is 624 g/mol. The molecule has 0 atom stereocenters. The van der Waals surface area contributed by atoms with Crippen LogP contribution < -0.4 is 15.6 Å². The Bertz CT molecular complexity index is 1700. The number of carbonyl (C=O) groups is 1. The number of pyridine rings is 1. The van der Waals surface area contributed by atoms with Crippen molar-refractivity contribution in [2.24, 2.45) is 5.92 Å². The van der Waals surface area contributed by atoms with E-state index < -0.39 is 11.7 Å². The van der Waals surface area contributed by atoms with Crippen LogP contribution in [0.2, 0.25) is 0 Å². The average Bonchev–Trinajstić information content (AvgIpc) is 3.51. The summed E-state index contributed by atoms with van der Waals surface area (Å²) < 4.78 is 46.6. The summed E-state index contributed by atoms with van der Waals surface area (Å²) in [5.41, 5.74) is 2.74. The summed E-state index contributed by atoms with van der Waals surface area (Å²) in [6, 6.07) is 12.0. The summed E-state index contributed by atoms with van der Waals surface area (Å²) in [5, 5.41) is 5.37. The van der Waals surface area contributed by atoms with Gasteiger partial charge < -0.3 is 15.0 Å². The molecule has 44 heavy (non-hydrogen) atoms. The Morgan fingerprint density at radius 2 is 1.80 bits per heavy atom. The van der Waals surface area contributed by atoms with Crippen molar-refractivity contribution in [3.05, 3.63) is 86.6 Å². The van der Waals surface area contributed by atoms with E-state index in [1.54, 1.807) is 28.0 Å². The molecule has 0 unspecified atom stereocenters. The summed E-state index contributed by atoms with van der Waals surface area (Å²) in [4.78, 5) is 35.2. The van der Waals surface area contributed by atoms with Crippen LogP contribution in [0.1, 0.15) is 48.0 Å². The molecule has 2 aromatic heterocycles. The predicted octanol–water partition coefficient (Wildman–Crippen LogP) is 6.46. The molecule has 1 N–H and O–H groups in total. The highest BCUT2D eigenvalue weighted by molar-refractivity contribution is 7.13. The Morgan fingerprint density at radius 1 is 1.09 bits per heavy atom. The van der Waals surface area contributed by atoms with E-state index in [0.29, 0.717) is 78.0 Å². The highest BCUT2D eigenvalue weighted by Gasteiger charge is 2.31. The second-order valence-electron chi connectivity index (χ2n) is 11.2. The topological polar surface area (TPSA) is 76.5 Å². The number of alkyl halides is 3. The number of halogens is 3. The molecule has 0 bridgehead atoms. The highest BCUT2D eigenvalue weighted by Crippen LogP contribution is 2.34. The summed E-state index contributed by atoms with van der Waals surface area (Å²) in [5.74, 6) is 0.569. The summed E-state index contributed by atoms with van der Waals surface area (Å²) in [6.45, 7) is 8.54. The molecule has 1 aliphatic rings. The van der Waals surface area contributed by atoms with E-state index in [-0.39, 0.29) is 22.9 Å². The number of amides is 1. The fourth-order valence-corrected chi connectivity index (χ4v) is 6.25. The molecule has 1 aliphatic heterocycles. The molecule has 11 heteroatoms. The van der Waals surface area contributed by atoms with E-state index in [4.69, 9.17) is 4.74 Å². The van der Waals surface area contributed by atoms with E-state index in [0.717, 1.165) is 17.7 Å². The second-order valence-corrected chi connectivity index (χ2v) is 12.0. The molecule has 5 rings (SSSR count). The molecule has 4 aromatic rings. The molecule has 7 nitrogen and oxygen atoms in total. The minimum atomic E-state index is -4.45. The van der Waals surface area contributed by atoms with Crippen LogP contribution in [0, 0.1) is 5.92 Å². The maximum atomic E-state index is 14.5. The Labute approximate surface area is 258 Å². The van der Waals surface area contributed by atoms with Crippen molar-refractivity contribution in [3.8, 4) is 33.3 Å². The van der Waals surface area contributed by atoms with Crippen molar-refractivity contribution in [3.63, 3.8) is 0 Å². The first-order chi connectivity index (χ1) is 21.0. The molecule has 0 saturated carbocycles. The van der Waals surface area contributed by atoms with Gasteiger partial charge in [-0.3, -0.25) is 14.2 Å². The lowest BCUT2D eigenvalue weighted by Gasteiger charge is -2.29. The summed E-state index contributed by atoms with van der Waals surface area (Å²) in [7, 11) is 1.57. The zero-order valence-corrected chi connectivity index (χ0v) is 25.9. The molecular formula is C33H35F3N4O3S. The smallest absolute Gasteiger partial charge is 0.416 e. The van der Waals surface area contributed by atoms with Gasteiger partial charge in [-0.25, -0.2) is 4.98 Å². The first-order valence-corrected chi connectivity index (χ1v) is 15.5. The number of methoxy groups -OCH3 is 1. The van der Waals surface area contributed by atoms with Crippen molar-refractivity contribution in [1.82, 2.24) is 19.8 Å². The van der Waals surface area contributed by atoms with Gasteiger partial charge in [0.05, 0.1) is 35.2 Å². The first-order valence-electron chi connectivity index (χ1n) is 14.6. The molecule has 1 fully saturated rings. The van der Waals surface area contributed by atoms with Crippen LogP contribution in [0.3, 0.4) is 0 Å². The maximum absolute atomic E-state index is 14.5. The number of hydrogen-bond acceptors (Lipinski definition) is 6. The van der Waals surface area contributed by atoms with E-state index in [9.17, 15) is 22.8 Å². The fourth-order valence-electron chi connectivity index (χ4n) is 5.41. The maximum Gasteiger partial charge on any atom is 0.416 e. The largest absolute Gasteiger partial charge is 0.497 e. The summed E-state index contributed by atoms with van der Waals surface area (Å²) in [6.07, 6.45) is -3.31. The third-order valence-electron chi connectivity index (χ3n) is 7.70. The molecule has 232 valence electrons. The van der Waals surface area contributed by atoms with E-state index >= 15 is 0 Å². The molecule has 2 aromatic carbocycles. The van der Waals surface area contributed by atoms with Gasteiger partial charge in [0, 0.05) is 48.9 Å². The molecule has 1 saturated heterocycles. The van der Waals surface area contributed by atoms with E-state index in [1.165, 1.54) is 23.5 Å². The fraction of sp³-hybridized carbons (Fsp3) is 0.364. The average molecular weight is 625 g/mol. The van der Waals surface area contributed by atoms with Gasteiger partial charge in [0.2, 0.25) is 0 Å². The molecule has 0 spiro atoms. The van der Waals surface area contributed by atoms with Gasteiger partial charge in [0.15, 0.2) is 0 Å². The van der Waals surface area contributed by atoms with Crippen LogP contribution in [0.15, 0.2) is 58.7 Å². The van der Waals surface area contributed by atoms with Gasteiger partial charge in [-0.15, -0.1) is 11.3 Å². The Morgan fingerprint density at radius 3 is 2.41 bits per heavy atom. The van der Waals surface area contributed by atoms with Crippen molar-refractivity contribution >= 4 is 17.2 Å². The van der Waals surface area contributed by atoms with Crippen LogP contribution in [0.4, 0.5) is 13.2 Å². The Kier molecular flexibility index (Phi) is 9.26. The molecule has 3 heterocycles. The quantitative estimate of drug-likeness (QED) is 0.244. The molecule has 0 aliphatic carbocycles. The number of thiazole rings is 1. The lowest BCUT2D eigenvalue weighted by atomic mass is 9.98. The van der Waals surface area contributed by atoms with Crippen LogP contribution >= 0.6 is 11.3 Å². The van der Waals surface area contributed by atoms with Gasteiger partial charge in [-0.05, 0) is 48.6 Å². The standard InChI is InChI=1S/C33H35F3N4O3S/c1-5-21-8-11-24(43-4)17-28(21)40-29(16-20(2)3)25(31(41)39-14-12-37-13-15-39)18-26(32(40)42)30-38-27(19-44-30)22-6-9-23(10-7-22)33(34,35)36/h6-11,17-20,37H,5,12-16H2,1-4H3. The zero-order chi connectivity index (χ0) is 31.6. The van der Waals surface area contributed by atoms with Gasteiger partial charge in [0.25, 0.3) is 11.5 Å². The van der Waals surface area contributed by atoms with Crippen molar-refractivity contribution in [2.75, 3.05) is 33.3 Å². The minimum Gasteiger partial charge on any atom is -0.497 e. The third-order valence-corrected chi connectivity index (χ3v) is 8.57. The second kappa shape index (κ2) is 13.0. The SMILES string of the molecule is CCc1ccc(OC)cc1-n1c(CC(C)C)c(C(=O)N2CCNCC2)cc(-c2nc(-c3ccc(C(F)(F)F)cc3)cs2)c1=O. The minimum absolute atomic E-state index is 0.142. The van der Waals surface area contributed by atoms with Gasteiger partial charge >= 0.3 is 6.18 Å². The van der Waals surface area contributed by atoms with Crippen LogP contribution in [0.25, 0.3) is 27.5 Å². The highest BCUT2D eigenvalue weighted by atomic mass is 32.1. The Hall–Kier alpha value is -3.96. The van der Waals surface area contributed by atoms with E-state index in [1.807, 2.05) is 39.0 Å². The number of benzene rings is 2. The van der Waals surface area contributed by atoms with Crippen molar-refractivity contribution in [1.29, 1.82) is 0 Å².